The highest BCUT2D eigenvalue weighted by atomic mass is 15.3. The van der Waals surface area contributed by atoms with Crippen LogP contribution in [0.15, 0.2) is 11.6 Å². The van der Waals surface area contributed by atoms with E-state index >= 15 is 0 Å². The lowest BCUT2D eigenvalue weighted by atomic mass is 10.1. The second-order valence-electron chi connectivity index (χ2n) is 6.17. The van der Waals surface area contributed by atoms with Crippen LogP contribution < -0.4 is 5.32 Å². The van der Waals surface area contributed by atoms with Gasteiger partial charge < -0.3 is 5.32 Å². The van der Waals surface area contributed by atoms with E-state index in [0.29, 0.717) is 0 Å². The first-order valence-corrected chi connectivity index (χ1v) is 7.50. The normalized spacial score (nSPS) is 34.3. The fourth-order valence-electron chi connectivity index (χ4n) is 3.52. The zero-order valence-corrected chi connectivity index (χ0v) is 11.1. The van der Waals surface area contributed by atoms with E-state index in [1.165, 1.54) is 58.0 Å². The molecule has 0 aromatic rings. The molecular weight excluding hydrogens is 208 g/mol. The van der Waals surface area contributed by atoms with Gasteiger partial charge in [0, 0.05) is 24.7 Å². The average molecular weight is 234 g/mol. The summed E-state index contributed by atoms with van der Waals surface area (Å²) < 4.78 is 0. The lowest BCUT2D eigenvalue weighted by Gasteiger charge is -2.19. The quantitative estimate of drug-likeness (QED) is 0.736. The number of nitrogens with one attached hydrogen (secondary N) is 1. The largest absolute Gasteiger partial charge is 0.312 e. The Morgan fingerprint density at radius 3 is 3.00 bits per heavy atom. The first kappa shape index (κ1) is 11.7. The lowest BCUT2D eigenvalue weighted by Crippen LogP contribution is -2.34. The molecule has 0 radical (unpaired) electrons. The zero-order chi connectivity index (χ0) is 11.7. The Balaban J connectivity index is 1.38. The Morgan fingerprint density at radius 2 is 2.29 bits per heavy atom. The highest BCUT2D eigenvalue weighted by Crippen LogP contribution is 2.33. The highest BCUT2D eigenvalue weighted by Gasteiger charge is 2.38. The second kappa shape index (κ2) is 5.11. The number of allylic oxidation sites excluding steroid dienone is 1. The first-order valence-electron chi connectivity index (χ1n) is 7.50. The standard InChI is InChI=1S/C15H26N2/c1-12-10-14(11-17(12)15-6-7-15)16-9-8-13-4-2-3-5-13/h4,12,14-16H,2-3,5-11H2,1H3. The molecular formula is C15H26N2. The average Bonchev–Trinajstić information content (AvgIpc) is 2.89. The maximum absolute atomic E-state index is 3.77. The van der Waals surface area contributed by atoms with Gasteiger partial charge in [-0.2, -0.15) is 0 Å². The number of nitrogens with zero attached hydrogens (tertiary/aromatic N) is 1. The molecule has 2 unspecified atom stereocenters. The molecule has 2 heteroatoms. The smallest absolute Gasteiger partial charge is 0.0210 e. The minimum atomic E-state index is 0.757. The van der Waals surface area contributed by atoms with Crippen LogP contribution in [0.1, 0.15) is 51.9 Å². The van der Waals surface area contributed by atoms with E-state index < -0.39 is 0 Å². The van der Waals surface area contributed by atoms with Gasteiger partial charge in [0.15, 0.2) is 0 Å². The molecule has 2 fully saturated rings. The molecule has 1 saturated carbocycles. The van der Waals surface area contributed by atoms with Crippen molar-refractivity contribution < 1.29 is 0 Å². The van der Waals surface area contributed by atoms with Crippen molar-refractivity contribution in [2.45, 2.75) is 70.0 Å². The summed E-state index contributed by atoms with van der Waals surface area (Å²) in [6.07, 6.45) is 12.1. The third kappa shape index (κ3) is 2.92. The van der Waals surface area contributed by atoms with Crippen molar-refractivity contribution in [3.05, 3.63) is 11.6 Å². The van der Waals surface area contributed by atoms with E-state index in [9.17, 15) is 0 Å². The molecule has 1 heterocycles. The van der Waals surface area contributed by atoms with E-state index in [1.807, 2.05) is 0 Å². The SMILES string of the molecule is CC1CC(NCCC2=CCCC2)CN1C1CC1. The molecule has 2 nitrogen and oxygen atoms in total. The predicted molar refractivity (Wildman–Crippen MR) is 72.1 cm³/mol. The summed E-state index contributed by atoms with van der Waals surface area (Å²) in [5.41, 5.74) is 1.70. The Morgan fingerprint density at radius 1 is 1.41 bits per heavy atom. The van der Waals surface area contributed by atoms with Gasteiger partial charge in [-0.1, -0.05) is 11.6 Å². The molecule has 2 aliphatic carbocycles. The van der Waals surface area contributed by atoms with Gasteiger partial charge in [-0.25, -0.2) is 0 Å². The van der Waals surface area contributed by atoms with Gasteiger partial charge in [0.25, 0.3) is 0 Å². The Hall–Kier alpha value is -0.340. The lowest BCUT2D eigenvalue weighted by molar-refractivity contribution is 0.255. The predicted octanol–water partition coefficient (Wildman–Crippen LogP) is 2.70. The molecule has 0 aromatic carbocycles. The summed E-state index contributed by atoms with van der Waals surface area (Å²) in [7, 11) is 0. The number of likely N-dealkylation sites (tertiary alicyclic amines) is 1. The fraction of sp³-hybridized carbons (Fsp3) is 0.867. The molecule has 3 aliphatic rings. The monoisotopic (exact) mass is 234 g/mol. The van der Waals surface area contributed by atoms with Crippen LogP contribution in [-0.2, 0) is 0 Å². The van der Waals surface area contributed by atoms with Gasteiger partial charge in [0.05, 0.1) is 0 Å². The summed E-state index contributed by atoms with van der Waals surface area (Å²) in [5.74, 6) is 0. The van der Waals surface area contributed by atoms with Crippen LogP contribution in [-0.4, -0.2) is 36.1 Å². The maximum Gasteiger partial charge on any atom is 0.0210 e. The van der Waals surface area contributed by atoms with Gasteiger partial charge in [-0.05, 0) is 58.4 Å². The summed E-state index contributed by atoms with van der Waals surface area (Å²) in [6.45, 7) is 4.89. The minimum Gasteiger partial charge on any atom is -0.312 e. The van der Waals surface area contributed by atoms with Crippen molar-refractivity contribution in [1.82, 2.24) is 10.2 Å². The topological polar surface area (TPSA) is 15.3 Å². The van der Waals surface area contributed by atoms with E-state index in [1.54, 1.807) is 5.57 Å². The van der Waals surface area contributed by atoms with Crippen molar-refractivity contribution in [3.63, 3.8) is 0 Å². The van der Waals surface area contributed by atoms with Crippen LogP contribution in [0, 0.1) is 0 Å². The Bertz CT molecular complexity index is 293. The summed E-state index contributed by atoms with van der Waals surface area (Å²) in [5, 5.41) is 3.77. The third-order valence-corrected chi connectivity index (χ3v) is 4.65. The van der Waals surface area contributed by atoms with Gasteiger partial charge >= 0.3 is 0 Å². The molecule has 0 bridgehead atoms. The fourth-order valence-corrected chi connectivity index (χ4v) is 3.52. The third-order valence-electron chi connectivity index (χ3n) is 4.65. The van der Waals surface area contributed by atoms with Crippen molar-refractivity contribution in [3.8, 4) is 0 Å². The molecule has 0 spiro atoms. The molecule has 17 heavy (non-hydrogen) atoms. The maximum atomic E-state index is 3.77. The second-order valence-corrected chi connectivity index (χ2v) is 6.17. The highest BCUT2D eigenvalue weighted by molar-refractivity contribution is 5.07. The van der Waals surface area contributed by atoms with E-state index in [2.05, 4.69) is 23.2 Å². The Kier molecular flexibility index (Phi) is 3.53. The van der Waals surface area contributed by atoms with Gasteiger partial charge in [0.1, 0.15) is 0 Å². The van der Waals surface area contributed by atoms with E-state index in [0.717, 1.165) is 18.1 Å². The first-order chi connectivity index (χ1) is 8.33. The van der Waals surface area contributed by atoms with Gasteiger partial charge in [0.2, 0.25) is 0 Å². The van der Waals surface area contributed by atoms with Gasteiger partial charge in [-0.15, -0.1) is 0 Å². The van der Waals surface area contributed by atoms with Crippen LogP contribution >= 0.6 is 0 Å². The molecule has 0 aromatic heterocycles. The summed E-state index contributed by atoms with van der Waals surface area (Å²) in [6, 6.07) is 2.51. The molecule has 1 N–H and O–H groups in total. The van der Waals surface area contributed by atoms with Crippen molar-refractivity contribution in [2.24, 2.45) is 0 Å². The number of hydrogen-bond acceptors (Lipinski definition) is 2. The number of rotatable bonds is 5. The van der Waals surface area contributed by atoms with E-state index in [4.69, 9.17) is 0 Å². The van der Waals surface area contributed by atoms with Crippen LogP contribution in [0.25, 0.3) is 0 Å². The Labute approximate surface area is 105 Å². The van der Waals surface area contributed by atoms with Crippen molar-refractivity contribution in [1.29, 1.82) is 0 Å². The molecule has 1 saturated heterocycles. The molecule has 0 amide bonds. The zero-order valence-electron chi connectivity index (χ0n) is 11.1. The van der Waals surface area contributed by atoms with Crippen LogP contribution in [0.4, 0.5) is 0 Å². The number of hydrogen-bond donors (Lipinski definition) is 1. The van der Waals surface area contributed by atoms with Crippen molar-refractivity contribution >= 4 is 0 Å². The molecule has 2 atom stereocenters. The van der Waals surface area contributed by atoms with Crippen molar-refractivity contribution in [2.75, 3.05) is 13.1 Å². The van der Waals surface area contributed by atoms with Crippen LogP contribution in [0.5, 0.6) is 0 Å². The molecule has 1 aliphatic heterocycles. The minimum absolute atomic E-state index is 0.757. The van der Waals surface area contributed by atoms with E-state index in [-0.39, 0.29) is 0 Å². The summed E-state index contributed by atoms with van der Waals surface area (Å²) in [4.78, 5) is 2.73. The van der Waals surface area contributed by atoms with Crippen LogP contribution in [0.2, 0.25) is 0 Å². The summed E-state index contributed by atoms with van der Waals surface area (Å²) >= 11 is 0. The van der Waals surface area contributed by atoms with Gasteiger partial charge in [-0.3, -0.25) is 4.90 Å². The molecule has 96 valence electrons. The van der Waals surface area contributed by atoms with Crippen LogP contribution in [0.3, 0.4) is 0 Å². The molecule has 3 rings (SSSR count).